The zero-order valence-electron chi connectivity index (χ0n) is 11.3. The van der Waals surface area contributed by atoms with Gasteiger partial charge in [0, 0.05) is 16.7 Å². The van der Waals surface area contributed by atoms with Crippen molar-refractivity contribution in [2.24, 2.45) is 11.8 Å². The van der Waals surface area contributed by atoms with E-state index in [-0.39, 0.29) is 0 Å². The summed E-state index contributed by atoms with van der Waals surface area (Å²) < 4.78 is 0. The molecule has 2 rings (SSSR count). The summed E-state index contributed by atoms with van der Waals surface area (Å²) in [5, 5.41) is 0.834. The van der Waals surface area contributed by atoms with Gasteiger partial charge in [0.25, 0.3) is 0 Å². The Kier molecular flexibility index (Phi) is 6.51. The number of hydrogen-bond acceptors (Lipinski definition) is 3. The molecular weight excluding hydrogens is 276 g/mol. The maximum absolute atomic E-state index is 6.17. The topological polar surface area (TPSA) is 38.0 Å². The zero-order valence-corrected chi connectivity index (χ0v) is 12.8. The molecule has 0 saturated heterocycles. The van der Waals surface area contributed by atoms with Gasteiger partial charge in [-0.05, 0) is 24.5 Å². The molecule has 1 unspecified atom stereocenters. The first kappa shape index (κ1) is 15.2. The van der Waals surface area contributed by atoms with Gasteiger partial charge in [0.2, 0.25) is 0 Å². The highest BCUT2D eigenvalue weighted by atomic mass is 35.5. The lowest BCUT2D eigenvalue weighted by molar-refractivity contribution is 0.308. The number of nitrogens with two attached hydrogens (primary N) is 1. The first-order valence-electron chi connectivity index (χ1n) is 7.13. The summed E-state index contributed by atoms with van der Waals surface area (Å²) in [6.45, 7) is 0. The summed E-state index contributed by atoms with van der Waals surface area (Å²) >= 11 is 7.96. The van der Waals surface area contributed by atoms with E-state index in [1.165, 1.54) is 38.5 Å². The van der Waals surface area contributed by atoms with Crippen LogP contribution in [0.5, 0.6) is 0 Å². The Morgan fingerprint density at radius 3 is 2.68 bits per heavy atom. The van der Waals surface area contributed by atoms with Gasteiger partial charge in [0.15, 0.2) is 0 Å². The van der Waals surface area contributed by atoms with E-state index in [1.807, 2.05) is 18.2 Å². The summed E-state index contributed by atoms with van der Waals surface area (Å²) in [7, 11) is 0. The predicted molar refractivity (Wildman–Crippen MR) is 84.5 cm³/mol. The lowest BCUT2D eigenvalue weighted by Gasteiger charge is -2.26. The number of nitrogens with one attached hydrogen (secondary N) is 1. The first-order valence-corrected chi connectivity index (χ1v) is 8.49. The molecule has 1 fully saturated rings. The number of benzene rings is 1. The molecule has 2 nitrogen and oxygen atoms in total. The summed E-state index contributed by atoms with van der Waals surface area (Å²) in [4.78, 5) is 1.15. The van der Waals surface area contributed by atoms with Crippen LogP contribution in [0.3, 0.4) is 0 Å². The molecule has 0 amide bonds. The molecule has 1 atom stereocenters. The van der Waals surface area contributed by atoms with Gasteiger partial charge >= 0.3 is 0 Å². The smallest absolute Gasteiger partial charge is 0.0541 e. The maximum Gasteiger partial charge on any atom is 0.0541 e. The number of hydrogen-bond donors (Lipinski definition) is 2. The molecule has 0 spiro atoms. The normalized spacial score (nSPS) is 18.4. The van der Waals surface area contributed by atoms with Crippen molar-refractivity contribution in [1.29, 1.82) is 0 Å². The van der Waals surface area contributed by atoms with Crippen molar-refractivity contribution in [2.75, 3.05) is 5.75 Å². The number of rotatable bonds is 6. The number of thioether (sulfide) groups is 1. The summed E-state index contributed by atoms with van der Waals surface area (Å²) in [5.74, 6) is 7.53. The van der Waals surface area contributed by atoms with Gasteiger partial charge in [-0.3, -0.25) is 11.3 Å². The average Bonchev–Trinajstić information content (AvgIpc) is 2.46. The molecular formula is C15H23ClN2S. The Morgan fingerprint density at radius 1 is 1.26 bits per heavy atom. The summed E-state index contributed by atoms with van der Waals surface area (Å²) in [6.07, 6.45) is 8.11. The average molecular weight is 299 g/mol. The van der Waals surface area contributed by atoms with Crippen LogP contribution in [0, 0.1) is 5.92 Å². The molecule has 106 valence electrons. The van der Waals surface area contributed by atoms with Crippen molar-refractivity contribution in [3.63, 3.8) is 0 Å². The third-order valence-electron chi connectivity index (χ3n) is 3.85. The molecule has 1 aromatic carbocycles. The summed E-state index contributed by atoms with van der Waals surface area (Å²) in [6, 6.07) is 8.38. The highest BCUT2D eigenvalue weighted by Crippen LogP contribution is 2.30. The molecule has 0 bridgehead atoms. The maximum atomic E-state index is 6.17. The highest BCUT2D eigenvalue weighted by molar-refractivity contribution is 7.99. The first-order chi connectivity index (χ1) is 9.29. The largest absolute Gasteiger partial charge is 0.271 e. The molecule has 0 heterocycles. The summed E-state index contributed by atoms with van der Waals surface area (Å²) in [5.41, 5.74) is 2.98. The molecule has 0 radical (unpaired) electrons. The minimum absolute atomic E-state index is 0.379. The molecule has 4 heteroatoms. The zero-order chi connectivity index (χ0) is 13.5. The van der Waals surface area contributed by atoms with E-state index in [4.69, 9.17) is 17.4 Å². The minimum atomic E-state index is 0.379. The van der Waals surface area contributed by atoms with E-state index in [0.717, 1.165) is 21.6 Å². The predicted octanol–water partition coefficient (Wildman–Crippen LogP) is 4.23. The Bertz CT molecular complexity index is 380. The quantitative estimate of drug-likeness (QED) is 0.469. The van der Waals surface area contributed by atoms with Crippen LogP contribution in [0.4, 0.5) is 0 Å². The highest BCUT2D eigenvalue weighted by Gasteiger charge is 2.18. The molecule has 3 N–H and O–H groups in total. The number of halogens is 1. The SMILES string of the molecule is NNC(CSc1ccccc1Cl)CC1CCCCC1. The van der Waals surface area contributed by atoms with Crippen LogP contribution >= 0.6 is 23.4 Å². The van der Waals surface area contributed by atoms with E-state index in [0.29, 0.717) is 6.04 Å². The number of hydrazine groups is 1. The lowest BCUT2D eigenvalue weighted by atomic mass is 9.85. The fraction of sp³-hybridized carbons (Fsp3) is 0.600. The van der Waals surface area contributed by atoms with Gasteiger partial charge in [-0.15, -0.1) is 11.8 Å². The van der Waals surface area contributed by atoms with E-state index in [1.54, 1.807) is 11.8 Å². The van der Waals surface area contributed by atoms with E-state index >= 15 is 0 Å². The van der Waals surface area contributed by atoms with Crippen molar-refractivity contribution in [2.45, 2.75) is 49.5 Å². The lowest BCUT2D eigenvalue weighted by Crippen LogP contribution is -2.38. The minimum Gasteiger partial charge on any atom is -0.271 e. The van der Waals surface area contributed by atoms with Crippen molar-refractivity contribution >= 4 is 23.4 Å². The van der Waals surface area contributed by atoms with Crippen molar-refractivity contribution < 1.29 is 0 Å². The van der Waals surface area contributed by atoms with Crippen molar-refractivity contribution in [3.05, 3.63) is 29.3 Å². The van der Waals surface area contributed by atoms with E-state index in [2.05, 4.69) is 11.5 Å². The Balaban J connectivity index is 1.80. The molecule has 19 heavy (non-hydrogen) atoms. The second-order valence-electron chi connectivity index (χ2n) is 5.34. The fourth-order valence-electron chi connectivity index (χ4n) is 2.76. The van der Waals surface area contributed by atoms with Gasteiger partial charge in [0.1, 0.15) is 0 Å². The monoisotopic (exact) mass is 298 g/mol. The van der Waals surface area contributed by atoms with Crippen LogP contribution in [0.2, 0.25) is 5.02 Å². The van der Waals surface area contributed by atoms with E-state index < -0.39 is 0 Å². The van der Waals surface area contributed by atoms with Crippen molar-refractivity contribution in [1.82, 2.24) is 5.43 Å². The Labute approximate surface area is 125 Å². The molecule has 0 aliphatic heterocycles. The molecule has 1 aliphatic carbocycles. The van der Waals surface area contributed by atoms with Gasteiger partial charge < -0.3 is 0 Å². The van der Waals surface area contributed by atoms with Gasteiger partial charge in [-0.1, -0.05) is 55.8 Å². The molecule has 1 aliphatic rings. The van der Waals surface area contributed by atoms with Crippen molar-refractivity contribution in [3.8, 4) is 0 Å². The van der Waals surface area contributed by atoms with Crippen LogP contribution < -0.4 is 11.3 Å². The standard InChI is InChI=1S/C15H23ClN2S/c16-14-8-4-5-9-15(14)19-11-13(18-17)10-12-6-2-1-3-7-12/h4-5,8-9,12-13,18H,1-3,6-7,10-11,17H2. The molecule has 1 saturated carbocycles. The van der Waals surface area contributed by atoms with Gasteiger partial charge in [0.05, 0.1) is 5.02 Å². The molecule has 0 aromatic heterocycles. The molecule has 1 aromatic rings. The Morgan fingerprint density at radius 2 is 2.00 bits per heavy atom. The third-order valence-corrected chi connectivity index (χ3v) is 5.53. The van der Waals surface area contributed by atoms with Gasteiger partial charge in [-0.2, -0.15) is 0 Å². The van der Waals surface area contributed by atoms with E-state index in [9.17, 15) is 0 Å². The van der Waals surface area contributed by atoms with Crippen LogP contribution in [-0.2, 0) is 0 Å². The second-order valence-corrected chi connectivity index (χ2v) is 6.81. The second kappa shape index (κ2) is 8.15. The van der Waals surface area contributed by atoms with Crippen LogP contribution in [-0.4, -0.2) is 11.8 Å². The van der Waals surface area contributed by atoms with Crippen LogP contribution in [0.25, 0.3) is 0 Å². The fourth-order valence-corrected chi connectivity index (χ4v) is 4.05. The van der Waals surface area contributed by atoms with Crippen LogP contribution in [0.1, 0.15) is 38.5 Å². The van der Waals surface area contributed by atoms with Crippen LogP contribution in [0.15, 0.2) is 29.2 Å². The third kappa shape index (κ3) is 4.99. The van der Waals surface area contributed by atoms with Gasteiger partial charge in [-0.25, -0.2) is 0 Å². The Hall–Kier alpha value is -0.220.